The molecule has 4 bridgehead atoms. The molecule has 0 spiro atoms. The largest absolute Gasteiger partial charge is 0.461 e. The van der Waals surface area contributed by atoms with Gasteiger partial charge < -0.3 is 24.8 Å². The smallest absolute Gasteiger partial charge is 0.303 e. The van der Waals surface area contributed by atoms with E-state index in [0.29, 0.717) is 23.1 Å². The van der Waals surface area contributed by atoms with Crippen LogP contribution in [0.4, 0.5) is 0 Å². The SMILES string of the molecule is CC(=O)O[C@H]1C[C@H]2[C@@H](O)/C=C3\C[C@](C)(C(=O)[C@H](O)C(=C1C)C2(C)C)[C@@H](OC(C)=O)C[C@@H]3O. The molecule has 178 valence electrons. The lowest BCUT2D eigenvalue weighted by Gasteiger charge is -2.50. The molecule has 0 amide bonds. The standard InChI is InChI=1S/C24H34O8/c1-11-18(31-12(2)25)8-15-17(28)7-14-10-24(6,19(9-16(14)27)32-13(3)26)22(30)21(29)20(11)23(15,4)5/h7,15-19,21,27-29H,8-10H2,1-6H3/b14-7+/t15-,16-,17-,18-,19-,21+,24-/m0/s1. The van der Waals surface area contributed by atoms with Crippen LogP contribution in [0.15, 0.2) is 22.8 Å². The van der Waals surface area contributed by atoms with Crippen LogP contribution in [-0.4, -0.2) is 63.6 Å². The molecule has 8 heteroatoms. The van der Waals surface area contributed by atoms with Crippen molar-refractivity contribution < 1.29 is 39.2 Å². The maximum Gasteiger partial charge on any atom is 0.303 e. The van der Waals surface area contributed by atoms with E-state index in [-0.39, 0.29) is 12.8 Å². The molecule has 3 aliphatic rings. The number of esters is 2. The highest BCUT2D eigenvalue weighted by Gasteiger charge is 2.56. The summed E-state index contributed by atoms with van der Waals surface area (Å²) in [5.74, 6) is -2.08. The number of carbonyl (C=O) groups is 3. The number of ether oxygens (including phenoxy) is 2. The second kappa shape index (κ2) is 8.39. The van der Waals surface area contributed by atoms with Crippen molar-refractivity contribution in [2.45, 2.75) is 91.3 Å². The van der Waals surface area contributed by atoms with Crippen molar-refractivity contribution in [3.63, 3.8) is 0 Å². The molecular formula is C24H34O8. The Kier molecular flexibility index (Phi) is 6.45. The van der Waals surface area contributed by atoms with Gasteiger partial charge in [-0.05, 0) is 48.8 Å². The Labute approximate surface area is 188 Å². The molecule has 0 saturated heterocycles. The molecule has 0 aromatic carbocycles. The van der Waals surface area contributed by atoms with Gasteiger partial charge in [0, 0.05) is 26.2 Å². The minimum atomic E-state index is -1.55. The molecule has 8 nitrogen and oxygen atoms in total. The molecular weight excluding hydrogens is 416 g/mol. The van der Waals surface area contributed by atoms with E-state index in [1.807, 2.05) is 13.8 Å². The van der Waals surface area contributed by atoms with E-state index in [4.69, 9.17) is 9.47 Å². The number of rotatable bonds is 2. The third-order valence-corrected chi connectivity index (χ3v) is 7.64. The number of aliphatic hydroxyl groups excluding tert-OH is 3. The molecule has 0 aromatic heterocycles. The first kappa shape index (κ1) is 24.6. The number of carbonyl (C=O) groups excluding carboxylic acids is 3. The second-order valence-electron chi connectivity index (χ2n) is 10.2. The summed E-state index contributed by atoms with van der Waals surface area (Å²) in [5, 5.41) is 33.3. The molecule has 3 aliphatic carbocycles. The van der Waals surface area contributed by atoms with Gasteiger partial charge in [0.2, 0.25) is 0 Å². The molecule has 0 aromatic rings. The van der Waals surface area contributed by atoms with Crippen LogP contribution in [0.3, 0.4) is 0 Å². The van der Waals surface area contributed by atoms with Crippen molar-refractivity contribution in [3.8, 4) is 0 Å². The molecule has 1 saturated carbocycles. The Morgan fingerprint density at radius 1 is 1.03 bits per heavy atom. The highest BCUT2D eigenvalue weighted by atomic mass is 16.5. The van der Waals surface area contributed by atoms with Crippen LogP contribution in [0.25, 0.3) is 0 Å². The maximum atomic E-state index is 13.8. The number of Topliss-reactive ketones (excluding diaryl/α,β-unsaturated/α-hetero) is 1. The van der Waals surface area contributed by atoms with Gasteiger partial charge in [0.1, 0.15) is 18.3 Å². The summed E-state index contributed by atoms with van der Waals surface area (Å²) < 4.78 is 10.9. The van der Waals surface area contributed by atoms with Crippen LogP contribution in [-0.2, 0) is 23.9 Å². The van der Waals surface area contributed by atoms with E-state index in [0.717, 1.165) is 0 Å². The maximum absolute atomic E-state index is 13.8. The lowest BCUT2D eigenvalue weighted by molar-refractivity contribution is -0.165. The summed E-state index contributed by atoms with van der Waals surface area (Å²) in [6.07, 6.45) is -3.25. The van der Waals surface area contributed by atoms with E-state index < -0.39 is 65.0 Å². The van der Waals surface area contributed by atoms with Crippen molar-refractivity contribution >= 4 is 17.7 Å². The number of hydrogen-bond acceptors (Lipinski definition) is 8. The number of aliphatic hydroxyl groups is 3. The predicted octanol–water partition coefficient (Wildman–Crippen LogP) is 1.60. The molecule has 3 N–H and O–H groups in total. The van der Waals surface area contributed by atoms with Gasteiger partial charge in [-0.1, -0.05) is 19.9 Å². The summed E-state index contributed by atoms with van der Waals surface area (Å²) in [6.45, 7) is 9.56. The minimum absolute atomic E-state index is 0.00471. The van der Waals surface area contributed by atoms with Crippen molar-refractivity contribution in [3.05, 3.63) is 22.8 Å². The lowest BCUT2D eigenvalue weighted by atomic mass is 9.57. The zero-order valence-electron chi connectivity index (χ0n) is 19.5. The number of fused-ring (bicyclic) bond motifs is 4. The zero-order chi connectivity index (χ0) is 24.2. The van der Waals surface area contributed by atoms with Gasteiger partial charge in [-0.25, -0.2) is 0 Å². The monoisotopic (exact) mass is 450 g/mol. The third-order valence-electron chi connectivity index (χ3n) is 7.64. The van der Waals surface area contributed by atoms with Gasteiger partial charge in [0.05, 0.1) is 17.6 Å². The Morgan fingerprint density at radius 3 is 2.19 bits per heavy atom. The van der Waals surface area contributed by atoms with Crippen molar-refractivity contribution in [2.24, 2.45) is 16.7 Å². The molecule has 0 heterocycles. The van der Waals surface area contributed by atoms with Crippen LogP contribution in [0.5, 0.6) is 0 Å². The van der Waals surface area contributed by atoms with Gasteiger partial charge in [0.25, 0.3) is 0 Å². The summed E-state index contributed by atoms with van der Waals surface area (Å²) >= 11 is 0. The van der Waals surface area contributed by atoms with Gasteiger partial charge >= 0.3 is 11.9 Å². The van der Waals surface area contributed by atoms with Crippen LogP contribution >= 0.6 is 0 Å². The van der Waals surface area contributed by atoms with Crippen LogP contribution in [0, 0.1) is 16.7 Å². The molecule has 0 aliphatic heterocycles. The van der Waals surface area contributed by atoms with Crippen molar-refractivity contribution in [2.75, 3.05) is 0 Å². The normalized spacial score (nSPS) is 40.8. The van der Waals surface area contributed by atoms with E-state index in [2.05, 4.69) is 0 Å². The van der Waals surface area contributed by atoms with Crippen molar-refractivity contribution in [1.82, 2.24) is 0 Å². The molecule has 1 fully saturated rings. The van der Waals surface area contributed by atoms with Gasteiger partial charge in [-0.15, -0.1) is 0 Å². The topological polar surface area (TPSA) is 130 Å². The van der Waals surface area contributed by atoms with Crippen LogP contribution in [0.2, 0.25) is 0 Å². The zero-order valence-corrected chi connectivity index (χ0v) is 19.5. The van der Waals surface area contributed by atoms with Gasteiger partial charge in [-0.2, -0.15) is 0 Å². The van der Waals surface area contributed by atoms with E-state index in [1.165, 1.54) is 13.8 Å². The Hall–Kier alpha value is -2.03. The van der Waals surface area contributed by atoms with Gasteiger partial charge in [-0.3, -0.25) is 14.4 Å². The fraction of sp³-hybridized carbons (Fsp3) is 0.708. The van der Waals surface area contributed by atoms with Gasteiger partial charge in [0.15, 0.2) is 5.78 Å². The Morgan fingerprint density at radius 2 is 1.62 bits per heavy atom. The fourth-order valence-electron chi connectivity index (χ4n) is 5.90. The third kappa shape index (κ3) is 4.04. The van der Waals surface area contributed by atoms with E-state index in [9.17, 15) is 29.7 Å². The predicted molar refractivity (Wildman–Crippen MR) is 114 cm³/mol. The minimum Gasteiger partial charge on any atom is -0.461 e. The highest BCUT2D eigenvalue weighted by Crippen LogP contribution is 2.52. The molecule has 32 heavy (non-hydrogen) atoms. The van der Waals surface area contributed by atoms with E-state index >= 15 is 0 Å². The van der Waals surface area contributed by atoms with Crippen molar-refractivity contribution in [1.29, 1.82) is 0 Å². The summed E-state index contributed by atoms with van der Waals surface area (Å²) in [6, 6.07) is 0. The lowest BCUT2D eigenvalue weighted by Crippen LogP contribution is -2.56. The number of ketones is 1. The quantitative estimate of drug-likeness (QED) is 0.427. The number of hydrogen-bond donors (Lipinski definition) is 3. The first-order valence-corrected chi connectivity index (χ1v) is 11.0. The first-order chi connectivity index (χ1) is 14.7. The average Bonchev–Trinajstić information content (AvgIpc) is 2.65. The Bertz CT molecular complexity index is 884. The summed E-state index contributed by atoms with van der Waals surface area (Å²) in [5.41, 5.74) is -0.646. The highest BCUT2D eigenvalue weighted by molar-refractivity contribution is 5.93. The average molecular weight is 451 g/mol. The second-order valence-corrected chi connectivity index (χ2v) is 10.2. The van der Waals surface area contributed by atoms with Crippen LogP contribution < -0.4 is 0 Å². The molecule has 0 unspecified atom stereocenters. The Balaban J connectivity index is 2.23. The molecule has 3 rings (SSSR count). The fourth-order valence-corrected chi connectivity index (χ4v) is 5.90. The van der Waals surface area contributed by atoms with E-state index in [1.54, 1.807) is 19.9 Å². The molecule has 7 atom stereocenters. The first-order valence-electron chi connectivity index (χ1n) is 11.0. The summed E-state index contributed by atoms with van der Waals surface area (Å²) in [7, 11) is 0. The van der Waals surface area contributed by atoms with Crippen LogP contribution in [0.1, 0.15) is 60.8 Å². The molecule has 0 radical (unpaired) electrons. The summed E-state index contributed by atoms with van der Waals surface area (Å²) in [4.78, 5) is 37.2.